The van der Waals surface area contributed by atoms with Crippen LogP contribution in [0.4, 0.5) is 0 Å². The Morgan fingerprint density at radius 1 is 1.45 bits per heavy atom. The predicted octanol–water partition coefficient (Wildman–Crippen LogP) is 1.58. The summed E-state index contributed by atoms with van der Waals surface area (Å²) in [6.07, 6.45) is 1.53. The molecule has 22 heavy (non-hydrogen) atoms. The molecule has 0 radical (unpaired) electrons. The zero-order valence-electron chi connectivity index (χ0n) is 12.8. The van der Waals surface area contributed by atoms with Crippen LogP contribution in [0, 0.1) is 13.8 Å². The number of furan rings is 1. The van der Waals surface area contributed by atoms with E-state index in [0.717, 1.165) is 17.0 Å². The van der Waals surface area contributed by atoms with Crippen molar-refractivity contribution in [3.8, 4) is 0 Å². The minimum atomic E-state index is -0.475. The lowest BCUT2D eigenvalue weighted by molar-refractivity contribution is -0.149. The van der Waals surface area contributed by atoms with E-state index in [9.17, 15) is 9.59 Å². The summed E-state index contributed by atoms with van der Waals surface area (Å²) in [5.41, 5.74) is 2.38. The molecule has 0 fully saturated rings. The van der Waals surface area contributed by atoms with Crippen molar-refractivity contribution in [1.82, 2.24) is 15.5 Å². The van der Waals surface area contributed by atoms with Gasteiger partial charge in [-0.2, -0.15) is 5.10 Å². The van der Waals surface area contributed by atoms with Gasteiger partial charge in [0, 0.05) is 11.3 Å². The molecule has 0 aliphatic heterocycles. The number of carbonyl (C=O) groups excluding carboxylic acids is 2. The summed E-state index contributed by atoms with van der Waals surface area (Å²) in [7, 11) is 0. The summed E-state index contributed by atoms with van der Waals surface area (Å²) in [5, 5.41) is 9.48. The Bertz CT molecular complexity index is 626. The molecule has 118 valence electrons. The van der Waals surface area contributed by atoms with Crippen molar-refractivity contribution < 1.29 is 18.7 Å². The van der Waals surface area contributed by atoms with Crippen LogP contribution in [0.1, 0.15) is 35.6 Å². The fraction of sp³-hybridized carbons (Fsp3) is 0.400. The summed E-state index contributed by atoms with van der Waals surface area (Å²) in [6.45, 7) is 5.33. The summed E-state index contributed by atoms with van der Waals surface area (Å²) >= 11 is 0. The number of esters is 1. The molecular weight excluding hydrogens is 286 g/mol. The average molecular weight is 305 g/mol. The maximum absolute atomic E-state index is 12.0. The van der Waals surface area contributed by atoms with Gasteiger partial charge in [-0.15, -0.1) is 0 Å². The standard InChI is InChI=1S/C15H19N3O4/c1-9(14-10(2)17-18-11(14)3)15(20)22-8-13(19)16-7-12-5-4-6-21-12/h4-6,9H,7-8H2,1-3H3,(H,16,19)(H,17,18)/t9-/m0/s1. The zero-order valence-corrected chi connectivity index (χ0v) is 12.8. The zero-order chi connectivity index (χ0) is 16.1. The van der Waals surface area contributed by atoms with Crippen molar-refractivity contribution in [2.45, 2.75) is 33.2 Å². The number of ether oxygens (including phenoxy) is 1. The van der Waals surface area contributed by atoms with E-state index in [0.29, 0.717) is 5.76 Å². The first-order valence-electron chi connectivity index (χ1n) is 6.96. The van der Waals surface area contributed by atoms with Gasteiger partial charge in [0.1, 0.15) is 5.76 Å². The van der Waals surface area contributed by atoms with Gasteiger partial charge in [-0.05, 0) is 32.9 Å². The van der Waals surface area contributed by atoms with E-state index >= 15 is 0 Å². The Balaban J connectivity index is 1.80. The third-order valence-electron chi connectivity index (χ3n) is 3.36. The monoisotopic (exact) mass is 305 g/mol. The lowest BCUT2D eigenvalue weighted by Crippen LogP contribution is -2.29. The molecule has 1 amide bonds. The van der Waals surface area contributed by atoms with Gasteiger partial charge in [-0.3, -0.25) is 14.7 Å². The second kappa shape index (κ2) is 6.93. The summed E-state index contributed by atoms with van der Waals surface area (Å²) in [4.78, 5) is 23.7. The lowest BCUT2D eigenvalue weighted by Gasteiger charge is -2.12. The summed E-state index contributed by atoms with van der Waals surface area (Å²) < 4.78 is 10.1. The molecule has 2 heterocycles. The van der Waals surface area contributed by atoms with Gasteiger partial charge in [-0.1, -0.05) is 0 Å². The lowest BCUT2D eigenvalue weighted by atomic mass is 9.99. The molecule has 0 saturated carbocycles. The number of aromatic amines is 1. The third kappa shape index (κ3) is 3.75. The Morgan fingerprint density at radius 2 is 2.23 bits per heavy atom. The fourth-order valence-electron chi connectivity index (χ4n) is 2.23. The highest BCUT2D eigenvalue weighted by molar-refractivity contribution is 5.83. The maximum atomic E-state index is 12.0. The normalized spacial score (nSPS) is 12.0. The van der Waals surface area contributed by atoms with Gasteiger partial charge in [0.05, 0.1) is 24.4 Å². The van der Waals surface area contributed by atoms with E-state index in [-0.39, 0.29) is 19.1 Å². The third-order valence-corrected chi connectivity index (χ3v) is 3.36. The van der Waals surface area contributed by atoms with Crippen LogP contribution in [0.5, 0.6) is 0 Å². The molecule has 0 aliphatic carbocycles. The van der Waals surface area contributed by atoms with E-state index in [2.05, 4.69) is 15.5 Å². The number of carbonyl (C=O) groups is 2. The molecule has 0 saturated heterocycles. The molecular formula is C15H19N3O4. The van der Waals surface area contributed by atoms with E-state index in [1.54, 1.807) is 19.1 Å². The van der Waals surface area contributed by atoms with Gasteiger partial charge >= 0.3 is 5.97 Å². The molecule has 0 aromatic carbocycles. The van der Waals surface area contributed by atoms with Gasteiger partial charge in [0.2, 0.25) is 0 Å². The van der Waals surface area contributed by atoms with E-state index in [1.165, 1.54) is 6.26 Å². The van der Waals surface area contributed by atoms with Crippen LogP contribution in [0.15, 0.2) is 22.8 Å². The van der Waals surface area contributed by atoms with Crippen LogP contribution in [0.25, 0.3) is 0 Å². The molecule has 0 bridgehead atoms. The Morgan fingerprint density at radius 3 is 2.82 bits per heavy atom. The van der Waals surface area contributed by atoms with Gasteiger partial charge in [0.25, 0.3) is 5.91 Å². The van der Waals surface area contributed by atoms with E-state index < -0.39 is 11.9 Å². The van der Waals surface area contributed by atoms with Crippen LogP contribution >= 0.6 is 0 Å². The number of H-pyrrole nitrogens is 1. The van der Waals surface area contributed by atoms with Crippen molar-refractivity contribution in [3.05, 3.63) is 41.1 Å². The molecule has 2 rings (SSSR count). The SMILES string of the molecule is Cc1n[nH]c(C)c1[C@H](C)C(=O)OCC(=O)NCc1ccco1. The molecule has 2 aromatic heterocycles. The molecule has 1 atom stereocenters. The second-order valence-corrected chi connectivity index (χ2v) is 5.03. The Labute approximate surface area is 128 Å². The maximum Gasteiger partial charge on any atom is 0.313 e. The summed E-state index contributed by atoms with van der Waals surface area (Å²) in [5.74, 6) is -0.673. The van der Waals surface area contributed by atoms with Crippen LogP contribution in [0.3, 0.4) is 0 Å². The van der Waals surface area contributed by atoms with E-state index in [4.69, 9.17) is 9.15 Å². The quantitative estimate of drug-likeness (QED) is 0.790. The Hall–Kier alpha value is -2.57. The van der Waals surface area contributed by atoms with Crippen molar-refractivity contribution in [3.63, 3.8) is 0 Å². The van der Waals surface area contributed by atoms with Crippen molar-refractivity contribution in [1.29, 1.82) is 0 Å². The highest BCUT2D eigenvalue weighted by Crippen LogP contribution is 2.22. The van der Waals surface area contributed by atoms with Gasteiger partial charge < -0.3 is 14.5 Å². The van der Waals surface area contributed by atoms with Crippen molar-refractivity contribution >= 4 is 11.9 Å². The van der Waals surface area contributed by atoms with E-state index in [1.807, 2.05) is 13.8 Å². The minimum Gasteiger partial charge on any atom is -0.467 e. The van der Waals surface area contributed by atoms with Crippen molar-refractivity contribution in [2.24, 2.45) is 0 Å². The summed E-state index contributed by atoms with van der Waals surface area (Å²) in [6, 6.07) is 3.48. The largest absolute Gasteiger partial charge is 0.467 e. The minimum absolute atomic E-state index is 0.263. The number of aromatic nitrogens is 2. The number of nitrogens with zero attached hydrogens (tertiary/aromatic N) is 1. The predicted molar refractivity (Wildman–Crippen MR) is 78.0 cm³/mol. The van der Waals surface area contributed by atoms with Gasteiger partial charge in [0.15, 0.2) is 6.61 Å². The molecule has 0 unspecified atom stereocenters. The number of hydrogen-bond donors (Lipinski definition) is 2. The number of aryl methyl sites for hydroxylation is 2. The first-order valence-corrected chi connectivity index (χ1v) is 6.96. The Kier molecular flexibility index (Phi) is 4.98. The number of hydrogen-bond acceptors (Lipinski definition) is 5. The average Bonchev–Trinajstić information content (AvgIpc) is 3.12. The fourth-order valence-corrected chi connectivity index (χ4v) is 2.23. The first-order chi connectivity index (χ1) is 10.5. The highest BCUT2D eigenvalue weighted by atomic mass is 16.5. The van der Waals surface area contributed by atoms with Gasteiger partial charge in [-0.25, -0.2) is 0 Å². The topological polar surface area (TPSA) is 97.2 Å². The number of amides is 1. The molecule has 7 nitrogen and oxygen atoms in total. The molecule has 0 aliphatic rings. The van der Waals surface area contributed by atoms with Crippen LogP contribution in [-0.2, 0) is 20.9 Å². The van der Waals surface area contributed by atoms with Crippen LogP contribution in [0.2, 0.25) is 0 Å². The molecule has 7 heteroatoms. The van der Waals surface area contributed by atoms with Crippen molar-refractivity contribution in [2.75, 3.05) is 6.61 Å². The number of nitrogens with one attached hydrogen (secondary N) is 2. The smallest absolute Gasteiger partial charge is 0.313 e. The second-order valence-electron chi connectivity index (χ2n) is 5.03. The number of rotatable bonds is 6. The molecule has 0 spiro atoms. The molecule has 2 N–H and O–H groups in total. The highest BCUT2D eigenvalue weighted by Gasteiger charge is 2.23. The molecule has 2 aromatic rings. The van der Waals surface area contributed by atoms with Crippen LogP contribution < -0.4 is 5.32 Å². The van der Waals surface area contributed by atoms with Crippen LogP contribution in [-0.4, -0.2) is 28.7 Å². The first kappa shape index (κ1) is 15.8.